The molecule has 2 aromatic carbocycles. The molecule has 0 saturated heterocycles. The second-order valence-electron chi connectivity index (χ2n) is 7.40. The number of imide groups is 1. The first-order chi connectivity index (χ1) is 16.4. The lowest BCUT2D eigenvalue weighted by Crippen LogP contribution is -2.48. The number of amides is 2. The number of alkyl halides is 2. The van der Waals surface area contributed by atoms with Crippen LogP contribution in [0.25, 0.3) is 10.8 Å². The molecule has 14 heteroatoms. The maximum Gasteiger partial charge on any atom is 0.467 e. The molecular weight excluding hydrogens is 496 g/mol. The molecule has 2 amide bonds. The Morgan fingerprint density at radius 1 is 1.14 bits per heavy atom. The molecule has 1 aliphatic rings. The number of carbonyl (C=O) groups excluding carboxylic acids is 3. The Balaban J connectivity index is 2.06. The van der Waals surface area contributed by atoms with Crippen molar-refractivity contribution in [3.05, 3.63) is 41.5 Å². The molecule has 0 aliphatic carbocycles. The minimum atomic E-state index is -6.19. The summed E-state index contributed by atoms with van der Waals surface area (Å²) in [4.78, 5) is 48.5. The van der Waals surface area contributed by atoms with Gasteiger partial charge in [0.25, 0.3) is 11.8 Å². The zero-order valence-corrected chi connectivity index (χ0v) is 19.1. The third-order valence-corrected chi connectivity index (χ3v) is 6.20. The summed E-state index contributed by atoms with van der Waals surface area (Å²) in [5.74, 6) is -6.67. The van der Waals surface area contributed by atoms with Gasteiger partial charge in [0.1, 0.15) is 5.75 Å². The molecule has 0 bridgehead atoms. The summed E-state index contributed by atoms with van der Waals surface area (Å²) < 4.78 is 65.5. The number of carboxylic acid groups (broad SMARTS) is 1. The Morgan fingerprint density at radius 2 is 1.80 bits per heavy atom. The minimum Gasteiger partial charge on any atom is -0.479 e. The van der Waals surface area contributed by atoms with Crippen molar-refractivity contribution in [3.8, 4) is 5.75 Å². The van der Waals surface area contributed by atoms with E-state index in [-0.39, 0.29) is 34.1 Å². The number of carbonyl (C=O) groups is 4. The fourth-order valence-electron chi connectivity index (χ4n) is 3.35. The molecule has 0 saturated carbocycles. The van der Waals surface area contributed by atoms with E-state index in [2.05, 4.69) is 9.02 Å². The summed E-state index contributed by atoms with van der Waals surface area (Å²) in [6.07, 6.45) is 0.108. The van der Waals surface area contributed by atoms with Gasteiger partial charge in [-0.3, -0.25) is 9.59 Å². The van der Waals surface area contributed by atoms with Gasteiger partial charge in [-0.25, -0.2) is 9.59 Å². The number of nitrogens with zero attached hydrogens (tertiary/aromatic N) is 1. The smallest absolute Gasteiger partial charge is 0.467 e. The van der Waals surface area contributed by atoms with Gasteiger partial charge in [0, 0.05) is 5.39 Å². The van der Waals surface area contributed by atoms with E-state index in [9.17, 15) is 41.5 Å². The SMILES string of the molecule is CCCCC(Oc1cc2c3c(cccc3c1)C(=O)N(OS(=O)(=O)C(F)(F)C(=O)OC)C2=O)C(=O)O. The Morgan fingerprint density at radius 3 is 2.40 bits per heavy atom. The molecule has 188 valence electrons. The van der Waals surface area contributed by atoms with Gasteiger partial charge in [0.15, 0.2) is 6.10 Å². The number of benzene rings is 2. The number of hydrogen-bond donors (Lipinski definition) is 1. The van der Waals surface area contributed by atoms with Crippen LogP contribution in [0.4, 0.5) is 8.78 Å². The number of unbranched alkanes of at least 4 members (excludes halogenated alkanes) is 1. The van der Waals surface area contributed by atoms with E-state index in [1.165, 1.54) is 24.3 Å². The lowest BCUT2D eigenvalue weighted by molar-refractivity contribution is -0.159. The molecular formula is C21H19F2NO10S. The van der Waals surface area contributed by atoms with Crippen LogP contribution in [0.3, 0.4) is 0 Å². The zero-order chi connectivity index (χ0) is 26.1. The van der Waals surface area contributed by atoms with Crippen molar-refractivity contribution in [2.24, 2.45) is 0 Å². The third kappa shape index (κ3) is 4.66. The summed E-state index contributed by atoms with van der Waals surface area (Å²) in [6, 6.07) is 6.47. The number of rotatable bonds is 10. The number of ether oxygens (including phenoxy) is 2. The van der Waals surface area contributed by atoms with Crippen molar-refractivity contribution >= 4 is 44.6 Å². The largest absolute Gasteiger partial charge is 0.479 e. The summed E-state index contributed by atoms with van der Waals surface area (Å²) in [5.41, 5.74) is -0.634. The number of carboxylic acids is 1. The molecule has 35 heavy (non-hydrogen) atoms. The Hall–Kier alpha value is -3.65. The van der Waals surface area contributed by atoms with Crippen molar-refractivity contribution in [1.82, 2.24) is 5.06 Å². The van der Waals surface area contributed by atoms with Crippen molar-refractivity contribution in [3.63, 3.8) is 0 Å². The number of esters is 1. The lowest BCUT2D eigenvalue weighted by Gasteiger charge is -2.27. The van der Waals surface area contributed by atoms with E-state index >= 15 is 0 Å². The first-order valence-electron chi connectivity index (χ1n) is 10.1. The molecule has 11 nitrogen and oxygen atoms in total. The molecule has 1 unspecified atom stereocenters. The molecule has 0 radical (unpaired) electrons. The maximum atomic E-state index is 14.0. The van der Waals surface area contributed by atoms with Gasteiger partial charge in [0.2, 0.25) is 0 Å². The van der Waals surface area contributed by atoms with Gasteiger partial charge in [-0.05, 0) is 36.4 Å². The second-order valence-corrected chi connectivity index (χ2v) is 8.97. The van der Waals surface area contributed by atoms with E-state index in [4.69, 9.17) is 4.74 Å². The maximum absolute atomic E-state index is 14.0. The van der Waals surface area contributed by atoms with Crippen LogP contribution in [0.1, 0.15) is 46.9 Å². The number of hydrogen-bond acceptors (Lipinski definition) is 9. The monoisotopic (exact) mass is 515 g/mol. The summed E-state index contributed by atoms with van der Waals surface area (Å²) in [6.45, 7) is 1.85. The van der Waals surface area contributed by atoms with Crippen molar-refractivity contribution in [1.29, 1.82) is 0 Å². The van der Waals surface area contributed by atoms with E-state index in [1.54, 1.807) is 0 Å². The van der Waals surface area contributed by atoms with Gasteiger partial charge in [-0.2, -0.15) is 17.2 Å². The molecule has 0 aromatic heterocycles. The van der Waals surface area contributed by atoms with E-state index in [1.807, 2.05) is 6.92 Å². The molecule has 3 rings (SSSR count). The molecule has 1 heterocycles. The highest BCUT2D eigenvalue weighted by Gasteiger charge is 2.58. The zero-order valence-electron chi connectivity index (χ0n) is 18.3. The first kappa shape index (κ1) is 26.0. The van der Waals surface area contributed by atoms with E-state index in [0.717, 1.165) is 6.07 Å². The first-order valence-corrected chi connectivity index (χ1v) is 11.5. The van der Waals surface area contributed by atoms with Crippen LogP contribution in [0.2, 0.25) is 0 Å². The Labute approximate surface area is 197 Å². The Kier molecular flexibility index (Phi) is 7.08. The number of halogens is 2. The average molecular weight is 515 g/mol. The standard InChI is InChI=1S/C21H19F2NO10S/c1-3-4-8-15(19(27)28)33-12-9-11-6-5-7-13-16(11)14(10-12)18(26)24(17(13)25)34-35(30,31)21(22,23)20(29)32-2/h5-7,9-10,15H,3-4,8H2,1-2H3,(H,27,28). The lowest BCUT2D eigenvalue weighted by atomic mass is 9.94. The molecule has 1 N–H and O–H groups in total. The number of aliphatic carboxylic acids is 1. The van der Waals surface area contributed by atoms with Gasteiger partial charge >= 0.3 is 27.3 Å². The van der Waals surface area contributed by atoms with E-state index in [0.29, 0.717) is 20.0 Å². The van der Waals surface area contributed by atoms with Crippen LogP contribution in [0.15, 0.2) is 30.3 Å². The highest BCUT2D eigenvalue weighted by Crippen LogP contribution is 2.36. The molecule has 0 spiro atoms. The molecule has 2 aromatic rings. The van der Waals surface area contributed by atoms with Crippen LogP contribution in [-0.4, -0.2) is 60.8 Å². The van der Waals surface area contributed by atoms with Crippen LogP contribution in [0.5, 0.6) is 5.75 Å². The average Bonchev–Trinajstić information content (AvgIpc) is 2.81. The predicted molar refractivity (Wildman–Crippen MR) is 113 cm³/mol. The number of methoxy groups -OCH3 is 1. The fraction of sp³-hybridized carbons (Fsp3) is 0.333. The third-order valence-electron chi connectivity index (χ3n) is 5.06. The minimum absolute atomic E-state index is 0.0484. The van der Waals surface area contributed by atoms with E-state index < -0.39 is 50.3 Å². The summed E-state index contributed by atoms with van der Waals surface area (Å²) in [7, 11) is -5.69. The van der Waals surface area contributed by atoms with Crippen molar-refractivity contribution in [2.75, 3.05) is 7.11 Å². The predicted octanol–water partition coefficient (Wildman–Crippen LogP) is 2.49. The van der Waals surface area contributed by atoms with Crippen LogP contribution in [0, 0.1) is 0 Å². The van der Waals surface area contributed by atoms with Crippen LogP contribution in [-0.2, 0) is 28.7 Å². The molecule has 0 fully saturated rings. The fourth-order valence-corrected chi connectivity index (χ4v) is 4.06. The highest BCUT2D eigenvalue weighted by atomic mass is 32.2. The molecule has 1 aliphatic heterocycles. The number of hydroxylamine groups is 2. The Bertz CT molecular complexity index is 1320. The van der Waals surface area contributed by atoms with Crippen LogP contribution < -0.4 is 4.74 Å². The van der Waals surface area contributed by atoms with Gasteiger partial charge in [-0.15, -0.1) is 9.35 Å². The second kappa shape index (κ2) is 9.54. The van der Waals surface area contributed by atoms with Gasteiger partial charge in [0.05, 0.1) is 18.2 Å². The van der Waals surface area contributed by atoms with Crippen molar-refractivity contribution in [2.45, 2.75) is 37.5 Å². The van der Waals surface area contributed by atoms with Crippen LogP contribution >= 0.6 is 0 Å². The van der Waals surface area contributed by atoms with Gasteiger partial charge in [-0.1, -0.05) is 25.5 Å². The quantitative estimate of drug-likeness (QED) is 0.369. The summed E-state index contributed by atoms with van der Waals surface area (Å²) >= 11 is 0. The summed E-state index contributed by atoms with van der Waals surface area (Å²) in [5, 5.41) is 4.08. The topological polar surface area (TPSA) is 154 Å². The van der Waals surface area contributed by atoms with Crippen molar-refractivity contribution < 1.29 is 55.2 Å². The molecule has 1 atom stereocenters. The highest BCUT2D eigenvalue weighted by molar-refractivity contribution is 7.88. The normalized spacial score (nSPS) is 14.7. The van der Waals surface area contributed by atoms with Gasteiger partial charge < -0.3 is 14.6 Å².